The number of nitrogens with one attached hydrogen (secondary N) is 1. The molecule has 10 heteroatoms. The molecule has 0 bridgehead atoms. The largest absolute Gasteiger partial charge is 0.496 e. The maximum atomic E-state index is 13.6. The van der Waals surface area contributed by atoms with E-state index in [1.54, 1.807) is 14.0 Å². The molecular weight excluding hydrogens is 548 g/mol. The summed E-state index contributed by atoms with van der Waals surface area (Å²) in [4.78, 5) is 34.0. The molecule has 0 aromatic heterocycles. The number of amides is 2. The molecule has 43 heavy (non-hydrogen) atoms. The van der Waals surface area contributed by atoms with Gasteiger partial charge in [0.15, 0.2) is 0 Å². The predicted molar refractivity (Wildman–Crippen MR) is 167 cm³/mol. The Balaban J connectivity index is 1.68. The van der Waals surface area contributed by atoms with Crippen LogP contribution in [0.3, 0.4) is 0 Å². The number of hydrogen-bond donors (Lipinski definition) is 4. The Morgan fingerprint density at radius 3 is 2.49 bits per heavy atom. The first kappa shape index (κ1) is 32.7. The zero-order valence-electron chi connectivity index (χ0n) is 26.1. The SMILES string of the molecule is CC[C@@H](NC(=O)c1cc(-c2cccc(CN3O[C@@H](CO)[C@H]([C@H](C)O)[C@H]3C(N)=O)c2OC)cc(N(C)C)c1)C1CCCCC1. The summed E-state index contributed by atoms with van der Waals surface area (Å²) in [5.74, 6) is -0.357. The molecule has 2 amide bonds. The smallest absolute Gasteiger partial charge is 0.251 e. The van der Waals surface area contributed by atoms with Gasteiger partial charge in [-0.05, 0) is 55.9 Å². The van der Waals surface area contributed by atoms with Crippen LogP contribution in [0.25, 0.3) is 11.1 Å². The summed E-state index contributed by atoms with van der Waals surface area (Å²) >= 11 is 0. The third-order valence-corrected chi connectivity index (χ3v) is 9.01. The number of aliphatic hydroxyl groups is 2. The van der Waals surface area contributed by atoms with Crippen LogP contribution in [0.4, 0.5) is 5.69 Å². The summed E-state index contributed by atoms with van der Waals surface area (Å²) in [6, 6.07) is 10.7. The lowest BCUT2D eigenvalue weighted by molar-refractivity contribution is -0.181. The van der Waals surface area contributed by atoms with Crippen LogP contribution in [0.5, 0.6) is 5.75 Å². The molecule has 5 N–H and O–H groups in total. The van der Waals surface area contributed by atoms with Crippen LogP contribution in [-0.2, 0) is 16.2 Å². The monoisotopic (exact) mass is 596 g/mol. The number of hydroxylamine groups is 2. The Kier molecular flexibility index (Phi) is 11.1. The molecule has 10 nitrogen and oxygen atoms in total. The van der Waals surface area contributed by atoms with E-state index in [1.807, 2.05) is 55.4 Å². The zero-order chi connectivity index (χ0) is 31.3. The number of nitrogens with zero attached hydrogens (tertiary/aromatic N) is 2. The third-order valence-electron chi connectivity index (χ3n) is 9.01. The van der Waals surface area contributed by atoms with Crippen molar-refractivity contribution in [1.29, 1.82) is 0 Å². The average Bonchev–Trinajstić information content (AvgIpc) is 3.38. The molecule has 0 radical (unpaired) electrons. The Morgan fingerprint density at radius 1 is 1.19 bits per heavy atom. The van der Waals surface area contributed by atoms with E-state index in [2.05, 4.69) is 12.2 Å². The van der Waals surface area contributed by atoms with Crippen LogP contribution >= 0.6 is 0 Å². The lowest BCUT2D eigenvalue weighted by Crippen LogP contribution is -2.47. The van der Waals surface area contributed by atoms with E-state index in [0.717, 1.165) is 41.6 Å². The van der Waals surface area contributed by atoms with Crippen molar-refractivity contribution in [3.63, 3.8) is 0 Å². The molecule has 1 heterocycles. The number of carbonyl (C=O) groups excluding carboxylic acids is 2. The summed E-state index contributed by atoms with van der Waals surface area (Å²) in [5.41, 5.74) is 9.49. The summed E-state index contributed by atoms with van der Waals surface area (Å²) in [6.45, 7) is 3.46. The van der Waals surface area contributed by atoms with E-state index < -0.39 is 30.1 Å². The second-order valence-electron chi connectivity index (χ2n) is 12.1. The van der Waals surface area contributed by atoms with Crippen LogP contribution in [0.2, 0.25) is 0 Å². The summed E-state index contributed by atoms with van der Waals surface area (Å²) < 4.78 is 5.92. The van der Waals surface area contributed by atoms with Gasteiger partial charge in [0.05, 0.1) is 26.4 Å². The zero-order valence-corrected chi connectivity index (χ0v) is 26.1. The van der Waals surface area contributed by atoms with Gasteiger partial charge in [0, 0.05) is 48.4 Å². The van der Waals surface area contributed by atoms with Crippen LogP contribution in [0.1, 0.15) is 68.3 Å². The summed E-state index contributed by atoms with van der Waals surface area (Å²) in [6.07, 6.45) is 5.21. The quantitative estimate of drug-likeness (QED) is 0.292. The normalized spacial score (nSPS) is 22.6. The number of hydrogen-bond acceptors (Lipinski definition) is 8. The first-order valence-corrected chi connectivity index (χ1v) is 15.4. The molecule has 1 aliphatic carbocycles. The highest BCUT2D eigenvalue weighted by Gasteiger charge is 2.48. The molecule has 2 aromatic rings. The van der Waals surface area contributed by atoms with Crippen molar-refractivity contribution in [2.75, 3.05) is 32.7 Å². The van der Waals surface area contributed by atoms with Crippen molar-refractivity contribution in [3.8, 4) is 16.9 Å². The molecule has 1 saturated carbocycles. The van der Waals surface area contributed by atoms with Crippen LogP contribution in [0.15, 0.2) is 36.4 Å². The van der Waals surface area contributed by atoms with E-state index in [4.69, 9.17) is 15.3 Å². The molecule has 5 atom stereocenters. The second kappa shape index (κ2) is 14.5. The minimum absolute atomic E-state index is 0.0912. The number of methoxy groups -OCH3 is 1. The van der Waals surface area contributed by atoms with Crippen molar-refractivity contribution in [2.24, 2.45) is 17.6 Å². The summed E-state index contributed by atoms with van der Waals surface area (Å²) in [5, 5.41) is 25.0. The third kappa shape index (κ3) is 7.32. The van der Waals surface area contributed by atoms with Gasteiger partial charge in [0.2, 0.25) is 5.91 Å². The maximum Gasteiger partial charge on any atom is 0.251 e. The molecule has 2 fully saturated rings. The minimum atomic E-state index is -0.937. The fraction of sp³-hybridized carbons (Fsp3) is 0.576. The molecule has 4 rings (SSSR count). The number of ether oxygens (including phenoxy) is 1. The maximum absolute atomic E-state index is 13.6. The van der Waals surface area contributed by atoms with Gasteiger partial charge < -0.3 is 30.9 Å². The van der Waals surface area contributed by atoms with Gasteiger partial charge in [-0.25, -0.2) is 0 Å². The highest BCUT2D eigenvalue weighted by molar-refractivity contribution is 5.97. The van der Waals surface area contributed by atoms with Gasteiger partial charge in [-0.1, -0.05) is 44.4 Å². The Morgan fingerprint density at radius 2 is 1.91 bits per heavy atom. The average molecular weight is 597 g/mol. The molecule has 1 saturated heterocycles. The van der Waals surface area contributed by atoms with Crippen LogP contribution in [0, 0.1) is 11.8 Å². The standard InChI is InChI=1S/C33H48N4O6/c1-6-27(21-11-8-7-9-12-21)35-33(41)24-15-23(16-25(17-24)36(3)4)26-14-10-13-22(31(26)42-5)18-37-30(32(34)40)29(20(2)39)28(19-38)43-37/h10,13-17,20-21,27-30,38-39H,6-9,11-12,18-19H2,1-5H3,(H2,34,40)(H,35,41)/t20-,27+,28-,29-,30-/m0/s1. The first-order chi connectivity index (χ1) is 20.6. The summed E-state index contributed by atoms with van der Waals surface area (Å²) in [7, 11) is 5.46. The van der Waals surface area contributed by atoms with E-state index >= 15 is 0 Å². The van der Waals surface area contributed by atoms with E-state index in [-0.39, 0.29) is 25.1 Å². The van der Waals surface area contributed by atoms with Crippen molar-refractivity contribution < 1.29 is 29.4 Å². The van der Waals surface area contributed by atoms with Crippen molar-refractivity contribution in [2.45, 2.75) is 83.2 Å². The Hall–Kier alpha value is -3.18. The van der Waals surface area contributed by atoms with Gasteiger partial charge in [-0.15, -0.1) is 0 Å². The second-order valence-corrected chi connectivity index (χ2v) is 12.1. The minimum Gasteiger partial charge on any atom is -0.496 e. The predicted octanol–water partition coefficient (Wildman–Crippen LogP) is 3.48. The van der Waals surface area contributed by atoms with Crippen LogP contribution < -0.4 is 20.7 Å². The van der Waals surface area contributed by atoms with E-state index in [9.17, 15) is 19.8 Å². The van der Waals surface area contributed by atoms with Gasteiger partial charge in [-0.3, -0.25) is 14.4 Å². The number of carbonyl (C=O) groups is 2. The van der Waals surface area contributed by atoms with Gasteiger partial charge >= 0.3 is 0 Å². The molecule has 2 aliphatic rings. The fourth-order valence-electron chi connectivity index (χ4n) is 6.74. The molecular formula is C33H48N4O6. The van der Waals surface area contributed by atoms with Gasteiger partial charge in [0.1, 0.15) is 17.9 Å². The fourth-order valence-corrected chi connectivity index (χ4v) is 6.74. The first-order valence-electron chi connectivity index (χ1n) is 15.4. The van der Waals surface area contributed by atoms with Gasteiger partial charge in [0.25, 0.3) is 5.91 Å². The van der Waals surface area contributed by atoms with Crippen molar-refractivity contribution >= 4 is 17.5 Å². The molecule has 0 unspecified atom stereocenters. The van der Waals surface area contributed by atoms with Crippen LogP contribution in [-0.4, -0.2) is 79.2 Å². The number of primary amides is 1. The topological polar surface area (TPSA) is 138 Å². The molecule has 0 spiro atoms. The van der Waals surface area contributed by atoms with Gasteiger partial charge in [-0.2, -0.15) is 5.06 Å². The van der Waals surface area contributed by atoms with Crippen molar-refractivity contribution in [1.82, 2.24) is 10.4 Å². The Bertz CT molecular complexity index is 1260. The number of rotatable bonds is 12. The number of para-hydroxylation sites is 1. The number of anilines is 1. The lowest BCUT2D eigenvalue weighted by atomic mass is 9.83. The van der Waals surface area contributed by atoms with E-state index in [1.165, 1.54) is 24.3 Å². The van der Waals surface area contributed by atoms with E-state index in [0.29, 0.717) is 17.2 Å². The molecule has 1 aliphatic heterocycles. The van der Waals surface area contributed by atoms with Crippen molar-refractivity contribution in [3.05, 3.63) is 47.5 Å². The highest BCUT2D eigenvalue weighted by Crippen LogP contribution is 2.39. The lowest BCUT2D eigenvalue weighted by Gasteiger charge is -2.30. The molecule has 236 valence electrons. The number of aliphatic hydroxyl groups excluding tert-OH is 2. The molecule has 2 aromatic carbocycles. The highest BCUT2D eigenvalue weighted by atomic mass is 16.7. The Labute approximate surface area is 255 Å². The number of nitrogens with two attached hydrogens (primary N) is 1. The number of benzene rings is 2.